The Morgan fingerprint density at radius 1 is 1.36 bits per heavy atom. The predicted molar refractivity (Wildman–Crippen MR) is 56.0 cm³/mol. The normalized spacial score (nSPS) is 28.3. The van der Waals surface area contributed by atoms with Gasteiger partial charge in [0.15, 0.2) is 0 Å². The molecule has 0 radical (unpaired) electrons. The summed E-state index contributed by atoms with van der Waals surface area (Å²) in [4.78, 5) is 11.3. The molecule has 2 fully saturated rings. The smallest absolute Gasteiger partial charge is 0.221 e. The van der Waals surface area contributed by atoms with Gasteiger partial charge in [-0.3, -0.25) is 4.79 Å². The number of hydrogen-bond acceptors (Lipinski definition) is 2. The lowest BCUT2D eigenvalue weighted by atomic mass is 10.1. The lowest BCUT2D eigenvalue weighted by molar-refractivity contribution is -0.121. The first-order valence-corrected chi connectivity index (χ1v) is 5.84. The van der Waals surface area contributed by atoms with Crippen molar-refractivity contribution in [1.29, 1.82) is 0 Å². The Morgan fingerprint density at radius 3 is 3.00 bits per heavy atom. The second-order valence-corrected chi connectivity index (χ2v) is 4.58. The van der Waals surface area contributed by atoms with Gasteiger partial charge in [0.05, 0.1) is 0 Å². The number of nitrogens with one attached hydrogen (secondary N) is 2. The molecule has 1 saturated carbocycles. The molecule has 2 N–H and O–H groups in total. The van der Waals surface area contributed by atoms with Crippen LogP contribution in [0.15, 0.2) is 0 Å². The molecular formula is C11H20N2O. The highest BCUT2D eigenvalue weighted by Gasteiger charge is 2.21. The summed E-state index contributed by atoms with van der Waals surface area (Å²) in [6.45, 7) is 1.96. The van der Waals surface area contributed by atoms with Crippen molar-refractivity contribution in [1.82, 2.24) is 10.6 Å². The van der Waals surface area contributed by atoms with Crippen molar-refractivity contribution >= 4 is 5.91 Å². The number of carbonyl (C=O) groups excluding carboxylic acids is 1. The van der Waals surface area contributed by atoms with E-state index < -0.39 is 0 Å². The van der Waals surface area contributed by atoms with Crippen LogP contribution < -0.4 is 10.6 Å². The van der Waals surface area contributed by atoms with Crippen LogP contribution in [0.25, 0.3) is 0 Å². The SMILES string of the molecule is O=C1CC(NCCC2CC2)CCCN1. The fourth-order valence-electron chi connectivity index (χ4n) is 2.05. The van der Waals surface area contributed by atoms with E-state index in [0.717, 1.165) is 31.8 Å². The molecule has 1 aliphatic heterocycles. The van der Waals surface area contributed by atoms with E-state index >= 15 is 0 Å². The highest BCUT2D eigenvalue weighted by molar-refractivity contribution is 5.76. The molecule has 80 valence electrons. The number of amides is 1. The van der Waals surface area contributed by atoms with Gasteiger partial charge in [0, 0.05) is 19.0 Å². The van der Waals surface area contributed by atoms with Crippen LogP contribution >= 0.6 is 0 Å². The molecule has 1 heterocycles. The third-order valence-corrected chi connectivity index (χ3v) is 3.17. The second-order valence-electron chi connectivity index (χ2n) is 4.58. The van der Waals surface area contributed by atoms with Crippen LogP contribution in [0.1, 0.15) is 38.5 Å². The molecule has 1 amide bonds. The fourth-order valence-corrected chi connectivity index (χ4v) is 2.05. The summed E-state index contributed by atoms with van der Waals surface area (Å²) in [5.41, 5.74) is 0. The molecule has 3 nitrogen and oxygen atoms in total. The van der Waals surface area contributed by atoms with Gasteiger partial charge in [0.1, 0.15) is 0 Å². The Kier molecular flexibility index (Phi) is 3.40. The van der Waals surface area contributed by atoms with Gasteiger partial charge in [-0.15, -0.1) is 0 Å². The first-order valence-electron chi connectivity index (χ1n) is 5.84. The standard InChI is InChI=1S/C11H20N2O/c14-11-8-10(2-1-6-13-11)12-7-5-9-3-4-9/h9-10,12H,1-8H2,(H,13,14). The third-order valence-electron chi connectivity index (χ3n) is 3.17. The van der Waals surface area contributed by atoms with E-state index in [1.165, 1.54) is 19.3 Å². The minimum absolute atomic E-state index is 0.214. The van der Waals surface area contributed by atoms with Gasteiger partial charge >= 0.3 is 0 Å². The van der Waals surface area contributed by atoms with Gasteiger partial charge in [0.25, 0.3) is 0 Å². The largest absolute Gasteiger partial charge is 0.356 e. The first-order chi connectivity index (χ1) is 6.84. The van der Waals surface area contributed by atoms with E-state index in [-0.39, 0.29) is 5.91 Å². The minimum atomic E-state index is 0.214. The van der Waals surface area contributed by atoms with Crippen molar-refractivity contribution in [3.8, 4) is 0 Å². The predicted octanol–water partition coefficient (Wildman–Crippen LogP) is 1.04. The molecule has 3 heteroatoms. The average Bonchev–Trinajstić information content (AvgIpc) is 2.94. The van der Waals surface area contributed by atoms with Gasteiger partial charge in [-0.25, -0.2) is 0 Å². The fraction of sp³-hybridized carbons (Fsp3) is 0.909. The molecule has 0 bridgehead atoms. The minimum Gasteiger partial charge on any atom is -0.356 e. The first kappa shape index (κ1) is 9.97. The zero-order valence-corrected chi connectivity index (χ0v) is 8.72. The Hall–Kier alpha value is -0.570. The second kappa shape index (κ2) is 4.78. The van der Waals surface area contributed by atoms with Crippen LogP contribution in [0, 0.1) is 5.92 Å². The molecule has 0 aromatic heterocycles. The van der Waals surface area contributed by atoms with Crippen molar-refractivity contribution < 1.29 is 4.79 Å². The maximum atomic E-state index is 11.3. The van der Waals surface area contributed by atoms with Crippen molar-refractivity contribution in [2.75, 3.05) is 13.1 Å². The van der Waals surface area contributed by atoms with Crippen molar-refractivity contribution in [2.45, 2.75) is 44.6 Å². The Morgan fingerprint density at radius 2 is 2.21 bits per heavy atom. The quantitative estimate of drug-likeness (QED) is 0.705. The van der Waals surface area contributed by atoms with E-state index in [0.29, 0.717) is 12.5 Å². The Labute approximate surface area is 85.6 Å². The van der Waals surface area contributed by atoms with Crippen LogP contribution in [0.2, 0.25) is 0 Å². The molecule has 1 aliphatic carbocycles. The van der Waals surface area contributed by atoms with Crippen LogP contribution in [0.4, 0.5) is 0 Å². The van der Waals surface area contributed by atoms with E-state index in [1.807, 2.05) is 0 Å². The highest BCUT2D eigenvalue weighted by Crippen LogP contribution is 2.31. The Bertz CT molecular complexity index is 201. The zero-order chi connectivity index (χ0) is 9.80. The summed E-state index contributed by atoms with van der Waals surface area (Å²) in [5.74, 6) is 1.20. The monoisotopic (exact) mass is 196 g/mol. The third kappa shape index (κ3) is 3.29. The van der Waals surface area contributed by atoms with Crippen LogP contribution in [0.3, 0.4) is 0 Å². The molecule has 2 aliphatic rings. The molecular weight excluding hydrogens is 176 g/mol. The van der Waals surface area contributed by atoms with Crippen molar-refractivity contribution in [2.24, 2.45) is 5.92 Å². The lowest BCUT2D eigenvalue weighted by Gasteiger charge is -2.14. The van der Waals surface area contributed by atoms with Crippen LogP contribution in [0.5, 0.6) is 0 Å². The molecule has 1 atom stereocenters. The number of hydrogen-bond donors (Lipinski definition) is 2. The number of carbonyl (C=O) groups is 1. The van der Waals surface area contributed by atoms with Crippen LogP contribution in [-0.4, -0.2) is 25.0 Å². The zero-order valence-electron chi connectivity index (χ0n) is 8.72. The van der Waals surface area contributed by atoms with Gasteiger partial charge < -0.3 is 10.6 Å². The van der Waals surface area contributed by atoms with Gasteiger partial charge in [-0.2, -0.15) is 0 Å². The van der Waals surface area contributed by atoms with Crippen molar-refractivity contribution in [3.05, 3.63) is 0 Å². The van der Waals surface area contributed by atoms with E-state index in [2.05, 4.69) is 10.6 Å². The van der Waals surface area contributed by atoms with Gasteiger partial charge in [-0.05, 0) is 31.7 Å². The van der Waals surface area contributed by atoms with E-state index in [9.17, 15) is 4.79 Å². The topological polar surface area (TPSA) is 41.1 Å². The van der Waals surface area contributed by atoms with Crippen LogP contribution in [-0.2, 0) is 4.79 Å². The maximum absolute atomic E-state index is 11.3. The molecule has 0 aromatic rings. The van der Waals surface area contributed by atoms with Gasteiger partial charge in [-0.1, -0.05) is 12.8 Å². The molecule has 0 spiro atoms. The molecule has 0 aromatic carbocycles. The molecule has 1 saturated heterocycles. The molecule has 1 unspecified atom stereocenters. The average molecular weight is 196 g/mol. The summed E-state index contributed by atoms with van der Waals surface area (Å²) in [6.07, 6.45) is 7.08. The molecule has 14 heavy (non-hydrogen) atoms. The number of rotatable bonds is 4. The summed E-state index contributed by atoms with van der Waals surface area (Å²) < 4.78 is 0. The summed E-state index contributed by atoms with van der Waals surface area (Å²) in [5, 5.41) is 6.41. The van der Waals surface area contributed by atoms with E-state index in [4.69, 9.17) is 0 Å². The summed E-state index contributed by atoms with van der Waals surface area (Å²) >= 11 is 0. The summed E-state index contributed by atoms with van der Waals surface area (Å²) in [7, 11) is 0. The maximum Gasteiger partial charge on any atom is 0.221 e. The van der Waals surface area contributed by atoms with E-state index in [1.54, 1.807) is 0 Å². The van der Waals surface area contributed by atoms with Gasteiger partial charge in [0.2, 0.25) is 5.91 Å². The Balaban J connectivity index is 1.63. The van der Waals surface area contributed by atoms with Crippen molar-refractivity contribution in [3.63, 3.8) is 0 Å². The lowest BCUT2D eigenvalue weighted by Crippen LogP contribution is -2.33. The molecule has 2 rings (SSSR count). The summed E-state index contributed by atoms with van der Waals surface area (Å²) in [6, 6.07) is 0.427. The highest BCUT2D eigenvalue weighted by atomic mass is 16.1.